The third kappa shape index (κ3) is 6.21. The van der Waals surface area contributed by atoms with E-state index >= 15 is 0 Å². The van der Waals surface area contributed by atoms with E-state index in [-0.39, 0.29) is 58.8 Å². The van der Waals surface area contributed by atoms with Gasteiger partial charge in [0.2, 0.25) is 0 Å². The van der Waals surface area contributed by atoms with Crippen LogP contribution in [0.15, 0.2) is 53.4 Å². The Morgan fingerprint density at radius 1 is 1.09 bits per heavy atom. The molecule has 0 fully saturated rings. The number of benzene rings is 3. The van der Waals surface area contributed by atoms with Crippen molar-refractivity contribution in [1.29, 1.82) is 0 Å². The number of hydrogen-bond acceptors (Lipinski definition) is 6. The predicted octanol–water partition coefficient (Wildman–Crippen LogP) is 4.73. The average molecular weight is 548 g/mol. The van der Waals surface area contributed by atoms with Crippen LogP contribution in [-0.4, -0.2) is 39.8 Å². The van der Waals surface area contributed by atoms with Crippen molar-refractivity contribution < 1.29 is 36.6 Å². The maximum atomic E-state index is 14.7. The molecule has 7 nitrogen and oxygen atoms in total. The van der Waals surface area contributed by atoms with Crippen molar-refractivity contribution in [1.82, 2.24) is 0 Å². The number of rotatable bonds is 9. The molecule has 3 aromatic carbocycles. The van der Waals surface area contributed by atoms with E-state index in [9.17, 15) is 27.1 Å². The zero-order valence-electron chi connectivity index (χ0n) is 18.3. The van der Waals surface area contributed by atoms with Crippen LogP contribution >= 0.6 is 24.0 Å². The third-order valence-corrected chi connectivity index (χ3v) is 6.78. The first-order valence-electron chi connectivity index (χ1n) is 9.82. The zero-order chi connectivity index (χ0) is 25.0. The minimum atomic E-state index is -4.38. The molecular formula is C23H21Cl2F2NO6S. The highest BCUT2D eigenvalue weighted by Crippen LogP contribution is 2.37. The van der Waals surface area contributed by atoms with Gasteiger partial charge < -0.3 is 20.3 Å². The fraction of sp³-hybridized carbons (Fsp3) is 0.174. The van der Waals surface area contributed by atoms with Crippen LogP contribution in [0.25, 0.3) is 11.1 Å². The molecule has 3 N–H and O–H groups in total. The van der Waals surface area contributed by atoms with Gasteiger partial charge in [0.15, 0.2) is 15.6 Å². The van der Waals surface area contributed by atoms with Gasteiger partial charge in [-0.1, -0.05) is 29.8 Å². The summed E-state index contributed by atoms with van der Waals surface area (Å²) in [6, 6.07) is 9.97. The van der Waals surface area contributed by atoms with E-state index in [4.69, 9.17) is 26.8 Å². The molecule has 0 aliphatic heterocycles. The average Bonchev–Trinajstić information content (AvgIpc) is 2.79. The van der Waals surface area contributed by atoms with Crippen LogP contribution in [0.2, 0.25) is 5.02 Å². The van der Waals surface area contributed by atoms with Crippen LogP contribution in [0.4, 0.5) is 8.78 Å². The summed E-state index contributed by atoms with van der Waals surface area (Å²) < 4.78 is 66.3. The number of hydrogen-bond donors (Lipinski definition) is 2. The molecule has 0 atom stereocenters. The second-order valence-corrected chi connectivity index (χ2v) is 9.48. The molecule has 188 valence electrons. The molecule has 3 rings (SSSR count). The monoisotopic (exact) mass is 547 g/mol. The van der Waals surface area contributed by atoms with Gasteiger partial charge in [-0.25, -0.2) is 22.0 Å². The highest BCUT2D eigenvalue weighted by Gasteiger charge is 2.27. The standard InChI is InChI=1S/C23H20ClF2NO6S.ClH/c1-32-22-17(24)9-13(23(28)29)10-21(22)34(30,31)12-14-8-16(19(26)11-18(14)25)15-4-2-3-5-20(15)33-7-6-27;/h2-5,8-11H,6-7,12,27H2,1H3,(H,28,29);1H. The Hall–Kier alpha value is -2.92. The van der Waals surface area contributed by atoms with Crippen molar-refractivity contribution >= 4 is 39.8 Å². The summed E-state index contributed by atoms with van der Waals surface area (Å²) in [5.74, 6) is -4.33. The number of ether oxygens (including phenoxy) is 2. The first-order valence-corrected chi connectivity index (χ1v) is 11.9. The Kier molecular flexibility index (Phi) is 9.45. The van der Waals surface area contributed by atoms with Gasteiger partial charge in [0.25, 0.3) is 0 Å². The Morgan fingerprint density at radius 2 is 1.77 bits per heavy atom. The molecule has 0 amide bonds. The highest BCUT2D eigenvalue weighted by molar-refractivity contribution is 7.90. The maximum absolute atomic E-state index is 14.7. The lowest BCUT2D eigenvalue weighted by molar-refractivity contribution is 0.0696. The summed E-state index contributed by atoms with van der Waals surface area (Å²) in [5, 5.41) is 9.02. The van der Waals surface area contributed by atoms with Crippen LogP contribution in [0.5, 0.6) is 11.5 Å². The number of carboxylic acids is 1. The minimum absolute atomic E-state index is 0. The second kappa shape index (κ2) is 11.7. The van der Waals surface area contributed by atoms with Gasteiger partial charge in [-0.15, -0.1) is 12.4 Å². The first-order chi connectivity index (χ1) is 16.1. The first kappa shape index (κ1) is 28.3. The normalized spacial score (nSPS) is 11.0. The molecule has 0 aliphatic carbocycles. The molecule has 0 radical (unpaired) electrons. The number of nitrogens with two attached hydrogens (primary N) is 1. The lowest BCUT2D eigenvalue weighted by Gasteiger charge is -2.15. The van der Waals surface area contributed by atoms with Crippen molar-refractivity contribution in [3.05, 3.63) is 76.3 Å². The summed E-state index contributed by atoms with van der Waals surface area (Å²) in [6.07, 6.45) is 0. The molecule has 0 aliphatic rings. The largest absolute Gasteiger partial charge is 0.494 e. The number of halogens is 4. The number of sulfone groups is 1. The Bertz CT molecular complexity index is 1350. The maximum Gasteiger partial charge on any atom is 0.335 e. The van der Waals surface area contributed by atoms with E-state index in [2.05, 4.69) is 0 Å². The van der Waals surface area contributed by atoms with Gasteiger partial charge in [-0.2, -0.15) is 0 Å². The molecule has 12 heteroatoms. The van der Waals surface area contributed by atoms with Crippen LogP contribution in [0.3, 0.4) is 0 Å². The summed E-state index contributed by atoms with van der Waals surface area (Å²) >= 11 is 6.00. The summed E-state index contributed by atoms with van der Waals surface area (Å²) in [4.78, 5) is 10.8. The van der Waals surface area contributed by atoms with Gasteiger partial charge in [0.1, 0.15) is 28.9 Å². The molecule has 0 bridgehead atoms. The van der Waals surface area contributed by atoms with Crippen LogP contribution < -0.4 is 15.2 Å². The van der Waals surface area contributed by atoms with E-state index in [1.54, 1.807) is 24.3 Å². The molecule has 0 spiro atoms. The second-order valence-electron chi connectivity index (χ2n) is 7.11. The molecular weight excluding hydrogens is 527 g/mol. The van der Waals surface area contributed by atoms with E-state index < -0.39 is 43.7 Å². The number of para-hydroxylation sites is 1. The Labute approximate surface area is 211 Å². The number of carboxylic acid groups (broad SMARTS) is 1. The third-order valence-electron chi connectivity index (χ3n) is 4.83. The fourth-order valence-corrected chi connectivity index (χ4v) is 5.22. The number of carbonyl (C=O) groups is 1. The van der Waals surface area contributed by atoms with Crippen molar-refractivity contribution in [3.8, 4) is 22.6 Å². The Morgan fingerprint density at radius 3 is 2.40 bits per heavy atom. The van der Waals surface area contributed by atoms with Gasteiger partial charge >= 0.3 is 5.97 Å². The molecule has 3 aromatic rings. The zero-order valence-corrected chi connectivity index (χ0v) is 20.6. The molecule has 35 heavy (non-hydrogen) atoms. The van der Waals surface area contributed by atoms with Gasteiger partial charge in [0.05, 0.1) is 23.4 Å². The summed E-state index contributed by atoms with van der Waals surface area (Å²) in [7, 11) is -3.21. The SMILES string of the molecule is COc1c(Cl)cc(C(=O)O)cc1S(=O)(=O)Cc1cc(-c2ccccc2OCCN)c(F)cc1F.Cl. The van der Waals surface area contributed by atoms with Gasteiger partial charge in [0, 0.05) is 29.3 Å². The topological polar surface area (TPSA) is 116 Å². The smallest absolute Gasteiger partial charge is 0.335 e. The molecule has 0 unspecified atom stereocenters. The molecule has 0 aromatic heterocycles. The van der Waals surface area contributed by atoms with E-state index in [0.717, 1.165) is 25.3 Å². The summed E-state index contributed by atoms with van der Waals surface area (Å²) in [6.45, 7) is 0.366. The number of methoxy groups -OCH3 is 1. The molecule has 0 saturated heterocycles. The van der Waals surface area contributed by atoms with Crippen molar-refractivity contribution in [3.63, 3.8) is 0 Å². The van der Waals surface area contributed by atoms with Crippen molar-refractivity contribution in [2.45, 2.75) is 10.6 Å². The van der Waals surface area contributed by atoms with Crippen LogP contribution in [0, 0.1) is 11.6 Å². The van der Waals surface area contributed by atoms with E-state index in [1.807, 2.05) is 0 Å². The van der Waals surface area contributed by atoms with Gasteiger partial charge in [-0.05, 0) is 24.3 Å². The van der Waals surface area contributed by atoms with Gasteiger partial charge in [-0.3, -0.25) is 0 Å². The van der Waals surface area contributed by atoms with Crippen LogP contribution in [-0.2, 0) is 15.6 Å². The summed E-state index contributed by atoms with van der Waals surface area (Å²) in [5.41, 5.74) is 4.92. The lowest BCUT2D eigenvalue weighted by atomic mass is 10.0. The van der Waals surface area contributed by atoms with Crippen molar-refractivity contribution in [2.75, 3.05) is 20.3 Å². The fourth-order valence-electron chi connectivity index (χ4n) is 3.30. The van der Waals surface area contributed by atoms with Crippen molar-refractivity contribution in [2.24, 2.45) is 5.73 Å². The molecule has 0 saturated carbocycles. The number of aromatic carboxylic acids is 1. The lowest BCUT2D eigenvalue weighted by Crippen LogP contribution is -2.12. The molecule has 0 heterocycles. The van der Waals surface area contributed by atoms with E-state index in [1.165, 1.54) is 0 Å². The van der Waals surface area contributed by atoms with Crippen LogP contribution in [0.1, 0.15) is 15.9 Å². The minimum Gasteiger partial charge on any atom is -0.494 e. The quantitative estimate of drug-likeness (QED) is 0.398. The Balaban J connectivity index is 0.00000432. The highest BCUT2D eigenvalue weighted by atomic mass is 35.5. The predicted molar refractivity (Wildman–Crippen MR) is 129 cm³/mol. The van der Waals surface area contributed by atoms with E-state index in [0.29, 0.717) is 6.07 Å².